The molecule has 140 valence electrons. The predicted octanol–water partition coefficient (Wildman–Crippen LogP) is 4.37. The maximum atomic E-state index is 10.8. The minimum atomic E-state index is -0.952. The van der Waals surface area contributed by atoms with Crippen molar-refractivity contribution in [3.05, 3.63) is 22.4 Å². The third-order valence-electron chi connectivity index (χ3n) is 4.39. The third-order valence-corrected chi connectivity index (χ3v) is 5.72. The molecule has 2 aromatic rings. The number of hydrogen-bond acceptors (Lipinski definition) is 6. The Labute approximate surface area is 161 Å². The van der Waals surface area contributed by atoms with Gasteiger partial charge in [0.1, 0.15) is 10.2 Å². The number of nitrogens with zero attached hydrogens (tertiary/aromatic N) is 3. The van der Waals surface area contributed by atoms with Crippen LogP contribution in [0.1, 0.15) is 50.5 Å². The maximum absolute atomic E-state index is 10.8. The van der Waals surface area contributed by atoms with Gasteiger partial charge < -0.3 is 15.7 Å². The van der Waals surface area contributed by atoms with Crippen molar-refractivity contribution in [1.29, 1.82) is 0 Å². The van der Waals surface area contributed by atoms with Crippen LogP contribution in [0.4, 0.5) is 10.5 Å². The predicted molar refractivity (Wildman–Crippen MR) is 103 cm³/mol. The van der Waals surface area contributed by atoms with Crippen molar-refractivity contribution >= 4 is 34.7 Å². The van der Waals surface area contributed by atoms with Crippen molar-refractivity contribution in [2.24, 2.45) is 0 Å². The zero-order valence-electron chi connectivity index (χ0n) is 14.7. The van der Waals surface area contributed by atoms with Crippen LogP contribution in [0.5, 0.6) is 0 Å². The van der Waals surface area contributed by atoms with E-state index >= 15 is 0 Å². The molecule has 0 saturated heterocycles. The van der Waals surface area contributed by atoms with Gasteiger partial charge in [0, 0.05) is 29.9 Å². The Morgan fingerprint density at radius 2 is 2.04 bits per heavy atom. The van der Waals surface area contributed by atoms with Gasteiger partial charge in [0.2, 0.25) is 0 Å². The summed E-state index contributed by atoms with van der Waals surface area (Å²) in [4.78, 5) is 14.9. The Morgan fingerprint density at radius 3 is 2.69 bits per heavy atom. The Balaban J connectivity index is 1.74. The van der Waals surface area contributed by atoms with Gasteiger partial charge >= 0.3 is 6.09 Å². The van der Waals surface area contributed by atoms with Crippen LogP contribution in [0.15, 0.2) is 12.3 Å². The van der Waals surface area contributed by atoms with Gasteiger partial charge in [-0.3, -0.25) is 0 Å². The van der Waals surface area contributed by atoms with Crippen LogP contribution in [0.3, 0.4) is 0 Å². The topological polar surface area (TPSA) is 100 Å². The lowest BCUT2D eigenvalue weighted by molar-refractivity contribution is 0.185. The minimum Gasteiger partial charge on any atom is -0.465 e. The molecule has 1 aliphatic rings. The smallest absolute Gasteiger partial charge is 0.404 e. The summed E-state index contributed by atoms with van der Waals surface area (Å²) in [6.07, 6.45) is 4.26. The molecular weight excluding hydrogens is 374 g/mol. The summed E-state index contributed by atoms with van der Waals surface area (Å²) in [5, 5.41) is 25.8. The first-order chi connectivity index (χ1) is 12.4. The van der Waals surface area contributed by atoms with E-state index in [0.717, 1.165) is 46.9 Å². The summed E-state index contributed by atoms with van der Waals surface area (Å²) < 4.78 is 0. The van der Waals surface area contributed by atoms with Gasteiger partial charge in [-0.15, -0.1) is 10.2 Å². The van der Waals surface area contributed by atoms with Gasteiger partial charge in [-0.25, -0.2) is 9.78 Å². The van der Waals surface area contributed by atoms with Crippen LogP contribution in [0.25, 0.3) is 10.6 Å². The molecule has 1 amide bonds. The van der Waals surface area contributed by atoms with E-state index in [9.17, 15) is 4.79 Å². The molecular formula is C17H22ClN5O2S. The number of carbonyl (C=O) groups is 1. The first-order valence-corrected chi connectivity index (χ1v) is 9.87. The summed E-state index contributed by atoms with van der Waals surface area (Å²) in [5.41, 5.74) is 1.80. The summed E-state index contributed by atoms with van der Waals surface area (Å²) in [5.74, 6) is 0.329. The summed E-state index contributed by atoms with van der Waals surface area (Å²) in [6.45, 7) is 4.13. The highest BCUT2D eigenvalue weighted by Gasteiger charge is 2.26. The molecule has 2 heterocycles. The van der Waals surface area contributed by atoms with E-state index in [0.29, 0.717) is 11.1 Å². The van der Waals surface area contributed by atoms with Crippen molar-refractivity contribution in [3.8, 4) is 10.6 Å². The molecule has 0 atom stereocenters. The van der Waals surface area contributed by atoms with E-state index in [1.54, 1.807) is 23.6 Å². The monoisotopic (exact) mass is 395 g/mol. The Bertz CT molecular complexity index is 774. The zero-order valence-corrected chi connectivity index (χ0v) is 16.3. The molecule has 0 unspecified atom stereocenters. The molecule has 7 nitrogen and oxygen atoms in total. The fourth-order valence-corrected chi connectivity index (χ4v) is 4.39. The van der Waals surface area contributed by atoms with Gasteiger partial charge in [0.15, 0.2) is 5.01 Å². The molecule has 0 radical (unpaired) electrons. The second kappa shape index (κ2) is 8.18. The number of pyridine rings is 1. The van der Waals surface area contributed by atoms with Crippen molar-refractivity contribution in [2.45, 2.75) is 57.5 Å². The number of amides is 1. The fraction of sp³-hybridized carbons (Fsp3) is 0.529. The van der Waals surface area contributed by atoms with E-state index in [-0.39, 0.29) is 12.1 Å². The number of aromatic nitrogens is 3. The zero-order chi connectivity index (χ0) is 18.7. The Kier molecular flexibility index (Phi) is 5.93. The average molecular weight is 396 g/mol. The molecule has 9 heteroatoms. The van der Waals surface area contributed by atoms with Crippen molar-refractivity contribution in [1.82, 2.24) is 20.5 Å². The van der Waals surface area contributed by atoms with Crippen molar-refractivity contribution < 1.29 is 9.90 Å². The highest BCUT2D eigenvalue weighted by atomic mass is 35.5. The normalized spacial score (nSPS) is 20.2. The second-order valence-corrected chi connectivity index (χ2v) is 8.19. The van der Waals surface area contributed by atoms with E-state index in [4.69, 9.17) is 16.7 Å². The molecule has 3 N–H and O–H groups in total. The molecule has 1 fully saturated rings. The van der Waals surface area contributed by atoms with E-state index in [1.807, 2.05) is 0 Å². The lowest BCUT2D eigenvalue weighted by atomic mass is 9.86. The molecule has 0 bridgehead atoms. The van der Waals surface area contributed by atoms with Crippen LogP contribution in [0, 0.1) is 0 Å². The molecule has 1 aliphatic carbocycles. The van der Waals surface area contributed by atoms with Crippen LogP contribution < -0.4 is 10.6 Å². The van der Waals surface area contributed by atoms with Crippen LogP contribution in [-0.2, 0) is 0 Å². The highest BCUT2D eigenvalue weighted by Crippen LogP contribution is 2.38. The van der Waals surface area contributed by atoms with Gasteiger partial charge in [-0.05, 0) is 45.6 Å². The highest BCUT2D eigenvalue weighted by molar-refractivity contribution is 7.14. The van der Waals surface area contributed by atoms with Crippen LogP contribution >= 0.6 is 22.9 Å². The fourth-order valence-electron chi connectivity index (χ4n) is 3.20. The molecule has 3 rings (SSSR count). The summed E-state index contributed by atoms with van der Waals surface area (Å²) >= 11 is 7.61. The van der Waals surface area contributed by atoms with Gasteiger partial charge in [0.25, 0.3) is 0 Å². The largest absolute Gasteiger partial charge is 0.465 e. The number of rotatable bonds is 5. The molecule has 2 aromatic heterocycles. The first-order valence-electron chi connectivity index (χ1n) is 8.67. The SMILES string of the molecule is CC(C)Nc1cc(Cl)ncc1-c1nnc(C2CCC(NC(=O)O)CC2)s1. The summed E-state index contributed by atoms with van der Waals surface area (Å²) in [7, 11) is 0. The van der Waals surface area contributed by atoms with Gasteiger partial charge in [0.05, 0.1) is 5.56 Å². The number of nitrogens with one attached hydrogen (secondary N) is 2. The van der Waals surface area contributed by atoms with Gasteiger partial charge in [-0.1, -0.05) is 22.9 Å². The van der Waals surface area contributed by atoms with Crippen molar-refractivity contribution in [2.75, 3.05) is 5.32 Å². The lowest BCUT2D eigenvalue weighted by Crippen LogP contribution is -2.36. The Morgan fingerprint density at radius 1 is 1.31 bits per heavy atom. The van der Waals surface area contributed by atoms with E-state index < -0.39 is 6.09 Å². The average Bonchev–Trinajstić information content (AvgIpc) is 3.04. The number of carboxylic acid groups (broad SMARTS) is 1. The van der Waals surface area contributed by atoms with Crippen LogP contribution in [-0.4, -0.2) is 38.5 Å². The number of halogens is 1. The second-order valence-electron chi connectivity index (χ2n) is 6.80. The Hall–Kier alpha value is -1.93. The number of anilines is 1. The van der Waals surface area contributed by atoms with Crippen molar-refractivity contribution in [3.63, 3.8) is 0 Å². The molecule has 1 saturated carbocycles. The van der Waals surface area contributed by atoms with E-state index in [1.165, 1.54) is 0 Å². The van der Waals surface area contributed by atoms with E-state index in [2.05, 4.69) is 39.7 Å². The molecule has 26 heavy (non-hydrogen) atoms. The number of hydrogen-bond donors (Lipinski definition) is 3. The molecule has 0 aliphatic heterocycles. The molecule has 0 spiro atoms. The standard InChI is InChI=1S/C17H22ClN5O2S/c1-9(2)20-13-7-14(18)19-8-12(13)16-23-22-15(26-16)10-3-5-11(6-4-10)21-17(24)25/h7-11,21H,3-6H2,1-2H3,(H,19,20)(H,24,25). The molecule has 0 aromatic carbocycles. The lowest BCUT2D eigenvalue weighted by Gasteiger charge is -2.26. The minimum absolute atomic E-state index is 0.0402. The summed E-state index contributed by atoms with van der Waals surface area (Å²) in [6, 6.07) is 2.11. The van der Waals surface area contributed by atoms with Gasteiger partial charge in [-0.2, -0.15) is 0 Å². The van der Waals surface area contributed by atoms with Crippen LogP contribution in [0.2, 0.25) is 5.15 Å². The first kappa shape index (κ1) is 18.8. The maximum Gasteiger partial charge on any atom is 0.404 e. The third kappa shape index (κ3) is 4.62. The quantitative estimate of drug-likeness (QED) is 0.650.